The number of halogens is 2. The summed E-state index contributed by atoms with van der Waals surface area (Å²) in [6.07, 6.45) is 1.35. The molecule has 0 aliphatic heterocycles. The van der Waals surface area contributed by atoms with Crippen molar-refractivity contribution in [2.75, 3.05) is 19.0 Å². The first kappa shape index (κ1) is 32.9. The van der Waals surface area contributed by atoms with Gasteiger partial charge in [-0.3, -0.25) is 10.8 Å². The van der Waals surface area contributed by atoms with Crippen molar-refractivity contribution in [1.29, 1.82) is 10.8 Å². The second-order valence-corrected chi connectivity index (χ2v) is 9.62. The number of aromatic hydroxyl groups is 1. The SMILES string of the molecule is COC(C)CCOC(=O)c1c(F)cc(Oc2cccnc2Oc2cc(C(=N)N)ccc2O)c(Oc2cccc(NC(=N)N)c2)c1F. The molecule has 4 rings (SSSR count). The number of aromatic nitrogens is 1. The molecule has 1 heterocycles. The van der Waals surface area contributed by atoms with Crippen LogP contribution >= 0.6 is 0 Å². The molecule has 0 fully saturated rings. The molecule has 0 radical (unpaired) electrons. The Morgan fingerprint density at radius 1 is 1.00 bits per heavy atom. The molecule has 0 spiro atoms. The van der Waals surface area contributed by atoms with Crippen LogP contribution in [0.4, 0.5) is 14.5 Å². The summed E-state index contributed by atoms with van der Waals surface area (Å²) >= 11 is 0. The zero-order chi connectivity index (χ0) is 33.4. The highest BCUT2D eigenvalue weighted by Gasteiger charge is 2.29. The summed E-state index contributed by atoms with van der Waals surface area (Å²) in [7, 11) is 1.47. The van der Waals surface area contributed by atoms with Crippen LogP contribution in [0.3, 0.4) is 0 Å². The normalized spacial score (nSPS) is 11.3. The number of benzene rings is 3. The van der Waals surface area contributed by atoms with Crippen molar-refractivity contribution in [1.82, 2.24) is 4.98 Å². The van der Waals surface area contributed by atoms with Gasteiger partial charge in [-0.2, -0.15) is 0 Å². The Morgan fingerprint density at radius 3 is 2.50 bits per heavy atom. The molecule has 13 nitrogen and oxygen atoms in total. The van der Waals surface area contributed by atoms with Crippen molar-refractivity contribution in [2.45, 2.75) is 19.4 Å². The largest absolute Gasteiger partial charge is 0.504 e. The first-order valence-corrected chi connectivity index (χ1v) is 13.6. The fourth-order valence-electron chi connectivity index (χ4n) is 3.87. The number of hydrogen-bond donors (Lipinski definition) is 6. The fourth-order valence-corrected chi connectivity index (χ4v) is 3.87. The Labute approximate surface area is 261 Å². The fraction of sp³-hybridized carbons (Fsp3) is 0.161. The van der Waals surface area contributed by atoms with Gasteiger partial charge in [0.2, 0.25) is 5.75 Å². The Kier molecular flexibility index (Phi) is 10.5. The number of anilines is 1. The zero-order valence-corrected chi connectivity index (χ0v) is 24.6. The Morgan fingerprint density at radius 2 is 1.78 bits per heavy atom. The number of nitrogens with zero attached hydrogens (tertiary/aromatic N) is 1. The lowest BCUT2D eigenvalue weighted by Gasteiger charge is -2.18. The van der Waals surface area contributed by atoms with Gasteiger partial charge in [-0.1, -0.05) is 6.07 Å². The number of carbonyl (C=O) groups excluding carboxylic acids is 1. The van der Waals surface area contributed by atoms with Gasteiger partial charge in [-0.15, -0.1) is 0 Å². The van der Waals surface area contributed by atoms with E-state index >= 15 is 8.78 Å². The average Bonchev–Trinajstić information content (AvgIpc) is 3.00. The Bertz CT molecular complexity index is 1770. The highest BCUT2D eigenvalue weighted by molar-refractivity contribution is 5.95. The third-order valence-corrected chi connectivity index (χ3v) is 6.27. The number of rotatable bonds is 13. The predicted octanol–water partition coefficient (Wildman–Crippen LogP) is 5.61. The first-order valence-electron chi connectivity index (χ1n) is 13.6. The molecular formula is C31H30F2N6O7. The lowest BCUT2D eigenvalue weighted by Crippen LogP contribution is -2.20. The van der Waals surface area contributed by atoms with E-state index < -0.39 is 34.7 Å². The summed E-state index contributed by atoms with van der Waals surface area (Å²) in [5.74, 6) is -6.77. The third kappa shape index (κ3) is 8.15. The summed E-state index contributed by atoms with van der Waals surface area (Å²) in [6.45, 7) is 1.56. The minimum Gasteiger partial charge on any atom is -0.504 e. The molecule has 0 bridgehead atoms. The second-order valence-electron chi connectivity index (χ2n) is 9.62. The van der Waals surface area contributed by atoms with Crippen molar-refractivity contribution in [3.63, 3.8) is 0 Å². The van der Waals surface area contributed by atoms with Crippen LogP contribution < -0.4 is 31.0 Å². The number of amidine groups is 1. The smallest absolute Gasteiger partial charge is 0.344 e. The molecule has 15 heteroatoms. The van der Waals surface area contributed by atoms with Gasteiger partial charge in [0.1, 0.15) is 23.0 Å². The number of carbonyl (C=O) groups is 1. The summed E-state index contributed by atoms with van der Waals surface area (Å²) in [5, 5.41) is 28.0. The lowest BCUT2D eigenvalue weighted by atomic mass is 10.1. The maximum absolute atomic E-state index is 16.1. The minimum absolute atomic E-state index is 0.00322. The first-order chi connectivity index (χ1) is 22.0. The van der Waals surface area contributed by atoms with Crippen LogP contribution in [-0.2, 0) is 9.47 Å². The van der Waals surface area contributed by atoms with Crippen LogP contribution in [0, 0.1) is 22.5 Å². The van der Waals surface area contributed by atoms with Crippen molar-refractivity contribution >= 4 is 23.5 Å². The van der Waals surface area contributed by atoms with Gasteiger partial charge in [0.05, 0.1) is 12.7 Å². The van der Waals surface area contributed by atoms with Crippen molar-refractivity contribution < 1.29 is 42.4 Å². The number of phenols is 1. The molecule has 4 aromatic rings. The number of methoxy groups -OCH3 is 1. The molecule has 0 aliphatic carbocycles. The van der Waals surface area contributed by atoms with E-state index in [0.29, 0.717) is 5.69 Å². The number of hydrogen-bond acceptors (Lipinski definition) is 10. The Hall–Kier alpha value is -5.96. The van der Waals surface area contributed by atoms with Crippen molar-refractivity contribution in [3.05, 3.63) is 89.6 Å². The zero-order valence-electron chi connectivity index (χ0n) is 24.6. The van der Waals surface area contributed by atoms with E-state index in [0.717, 1.165) is 6.07 Å². The molecule has 1 atom stereocenters. The molecule has 1 unspecified atom stereocenters. The number of nitrogen functional groups attached to an aromatic ring is 1. The molecule has 8 N–H and O–H groups in total. The number of nitrogens with one attached hydrogen (secondary N) is 3. The number of ether oxygens (including phenoxy) is 5. The monoisotopic (exact) mass is 636 g/mol. The van der Waals surface area contributed by atoms with E-state index in [9.17, 15) is 9.90 Å². The summed E-state index contributed by atoms with van der Waals surface area (Å²) in [5.41, 5.74) is 10.5. The van der Waals surface area contributed by atoms with Crippen LogP contribution in [0.5, 0.6) is 40.4 Å². The van der Waals surface area contributed by atoms with Gasteiger partial charge in [0.25, 0.3) is 5.88 Å². The average molecular weight is 637 g/mol. The number of phenolic OH excluding ortho intramolecular Hbond substituents is 1. The van der Waals surface area contributed by atoms with Crippen molar-refractivity contribution in [3.8, 4) is 40.4 Å². The number of nitrogens with two attached hydrogens (primary N) is 2. The molecule has 0 saturated heterocycles. The van der Waals surface area contributed by atoms with E-state index in [-0.39, 0.29) is 65.4 Å². The van der Waals surface area contributed by atoms with Gasteiger partial charge in [-0.05, 0) is 49.4 Å². The molecule has 240 valence electrons. The summed E-state index contributed by atoms with van der Waals surface area (Å²) < 4.78 is 59.0. The van der Waals surface area contributed by atoms with Gasteiger partial charge < -0.3 is 45.6 Å². The minimum atomic E-state index is -1.43. The molecule has 3 aromatic carbocycles. The van der Waals surface area contributed by atoms with E-state index in [4.69, 9.17) is 46.0 Å². The van der Waals surface area contributed by atoms with Crippen LogP contribution in [0.1, 0.15) is 29.3 Å². The van der Waals surface area contributed by atoms with Crippen LogP contribution in [0.15, 0.2) is 66.9 Å². The molecular weight excluding hydrogens is 606 g/mol. The van der Waals surface area contributed by atoms with Crippen LogP contribution in [-0.4, -0.2) is 47.7 Å². The van der Waals surface area contributed by atoms with Gasteiger partial charge >= 0.3 is 5.97 Å². The highest BCUT2D eigenvalue weighted by Crippen LogP contribution is 2.43. The van der Waals surface area contributed by atoms with E-state index in [1.54, 1.807) is 13.0 Å². The molecule has 0 amide bonds. The van der Waals surface area contributed by atoms with Gasteiger partial charge in [0.15, 0.2) is 34.8 Å². The van der Waals surface area contributed by atoms with Crippen LogP contribution in [0.2, 0.25) is 0 Å². The summed E-state index contributed by atoms with van der Waals surface area (Å²) in [6, 6.07) is 13.4. The van der Waals surface area contributed by atoms with Gasteiger partial charge in [-0.25, -0.2) is 18.6 Å². The van der Waals surface area contributed by atoms with E-state index in [2.05, 4.69) is 10.3 Å². The maximum Gasteiger partial charge on any atom is 0.344 e. The van der Waals surface area contributed by atoms with E-state index in [1.165, 1.54) is 61.8 Å². The number of guanidine groups is 1. The third-order valence-electron chi connectivity index (χ3n) is 6.27. The maximum atomic E-state index is 16.1. The number of esters is 1. The van der Waals surface area contributed by atoms with Gasteiger partial charge in [0, 0.05) is 43.1 Å². The Balaban J connectivity index is 1.75. The molecule has 0 aliphatic rings. The van der Waals surface area contributed by atoms with E-state index in [1.807, 2.05) is 0 Å². The van der Waals surface area contributed by atoms with Crippen molar-refractivity contribution in [2.24, 2.45) is 11.5 Å². The molecule has 0 saturated carbocycles. The van der Waals surface area contributed by atoms with Crippen LogP contribution in [0.25, 0.3) is 0 Å². The second kappa shape index (κ2) is 14.7. The molecule has 1 aromatic heterocycles. The topological polar surface area (TPSA) is 208 Å². The molecule has 46 heavy (non-hydrogen) atoms. The quantitative estimate of drug-likeness (QED) is 0.0603. The standard InChI is InChI=1S/C31H30F2N6O7/c1-16(42-2)10-12-43-30(41)25-20(32)15-24(27(26(25)33)44-19-6-3-5-18(14-19)39-31(36)37)45-22-7-4-11-38-29(22)46-23-13-17(28(34)35)8-9-21(23)40/h3-9,11,13-16,40H,10,12H2,1-2H3,(H3,34,35)(H4,36,37,39). The summed E-state index contributed by atoms with van der Waals surface area (Å²) in [4.78, 5) is 16.9. The highest BCUT2D eigenvalue weighted by atomic mass is 19.1. The number of pyridine rings is 1. The lowest BCUT2D eigenvalue weighted by molar-refractivity contribution is 0.0380. The predicted molar refractivity (Wildman–Crippen MR) is 163 cm³/mol.